The Bertz CT molecular complexity index is 460. The monoisotopic (exact) mass is 253 g/mol. The SMILES string of the molecule is CCCN(CC(=O)O)C(=O)c1ccc(C)c(F)c1. The van der Waals surface area contributed by atoms with Crippen LogP contribution < -0.4 is 0 Å². The number of carboxylic acid groups (broad SMARTS) is 1. The van der Waals surface area contributed by atoms with Crippen LogP contribution in [0.5, 0.6) is 0 Å². The molecule has 0 fully saturated rings. The lowest BCUT2D eigenvalue weighted by atomic mass is 10.1. The second-order valence-electron chi connectivity index (χ2n) is 4.08. The van der Waals surface area contributed by atoms with Gasteiger partial charge in [0.1, 0.15) is 12.4 Å². The Labute approximate surface area is 105 Å². The zero-order valence-electron chi connectivity index (χ0n) is 10.4. The highest BCUT2D eigenvalue weighted by Gasteiger charge is 2.18. The number of hydrogen-bond acceptors (Lipinski definition) is 2. The van der Waals surface area contributed by atoms with Crippen molar-refractivity contribution >= 4 is 11.9 Å². The Kier molecular flexibility index (Phi) is 4.83. The van der Waals surface area contributed by atoms with Gasteiger partial charge in [-0.2, -0.15) is 0 Å². The predicted molar refractivity (Wildman–Crippen MR) is 65.0 cm³/mol. The summed E-state index contributed by atoms with van der Waals surface area (Å²) in [5.41, 5.74) is 0.625. The summed E-state index contributed by atoms with van der Waals surface area (Å²) in [5, 5.41) is 8.74. The average molecular weight is 253 g/mol. The normalized spacial score (nSPS) is 10.2. The minimum atomic E-state index is -1.08. The Morgan fingerprint density at radius 2 is 2.06 bits per heavy atom. The van der Waals surface area contributed by atoms with Crippen LogP contribution in [0, 0.1) is 12.7 Å². The number of aryl methyl sites for hydroxylation is 1. The van der Waals surface area contributed by atoms with Gasteiger partial charge in [0, 0.05) is 12.1 Å². The summed E-state index contributed by atoms with van der Waals surface area (Å²) in [7, 11) is 0. The number of carboxylic acids is 1. The molecule has 18 heavy (non-hydrogen) atoms. The van der Waals surface area contributed by atoms with E-state index in [2.05, 4.69) is 0 Å². The molecule has 0 radical (unpaired) electrons. The average Bonchev–Trinajstić information content (AvgIpc) is 2.31. The van der Waals surface area contributed by atoms with Crippen LogP contribution in [0.4, 0.5) is 4.39 Å². The van der Waals surface area contributed by atoms with E-state index in [1.54, 1.807) is 6.92 Å². The molecule has 1 rings (SSSR count). The van der Waals surface area contributed by atoms with Gasteiger partial charge in [0.25, 0.3) is 5.91 Å². The quantitative estimate of drug-likeness (QED) is 0.874. The second kappa shape index (κ2) is 6.14. The summed E-state index contributed by atoms with van der Waals surface area (Å²) in [6.07, 6.45) is 0.646. The minimum Gasteiger partial charge on any atom is -0.480 e. The third kappa shape index (κ3) is 3.55. The lowest BCUT2D eigenvalue weighted by Crippen LogP contribution is -2.36. The van der Waals surface area contributed by atoms with E-state index in [4.69, 9.17) is 5.11 Å². The Balaban J connectivity index is 2.93. The van der Waals surface area contributed by atoms with Crippen LogP contribution in [-0.4, -0.2) is 35.0 Å². The van der Waals surface area contributed by atoms with Crippen LogP contribution in [0.1, 0.15) is 29.3 Å². The minimum absolute atomic E-state index is 0.174. The molecule has 1 aromatic carbocycles. The molecule has 0 aliphatic carbocycles. The van der Waals surface area contributed by atoms with Crippen molar-refractivity contribution in [3.05, 3.63) is 35.1 Å². The summed E-state index contributed by atoms with van der Waals surface area (Å²) in [5.74, 6) is -2.00. The molecule has 5 heteroatoms. The Morgan fingerprint density at radius 3 is 2.56 bits per heavy atom. The van der Waals surface area contributed by atoms with Gasteiger partial charge in [-0.05, 0) is 31.0 Å². The molecule has 1 amide bonds. The zero-order chi connectivity index (χ0) is 13.7. The van der Waals surface area contributed by atoms with Gasteiger partial charge in [0.2, 0.25) is 0 Å². The number of carbonyl (C=O) groups is 2. The maximum absolute atomic E-state index is 13.4. The van der Waals surface area contributed by atoms with Crippen LogP contribution in [0.25, 0.3) is 0 Å². The molecule has 1 aromatic rings. The smallest absolute Gasteiger partial charge is 0.323 e. The predicted octanol–water partition coefficient (Wildman–Crippen LogP) is 2.07. The number of nitrogens with zero attached hydrogens (tertiary/aromatic N) is 1. The molecule has 0 aromatic heterocycles. The van der Waals surface area contributed by atoms with E-state index in [1.165, 1.54) is 17.0 Å². The topological polar surface area (TPSA) is 57.6 Å². The first-order valence-electron chi connectivity index (χ1n) is 5.73. The van der Waals surface area contributed by atoms with Crippen molar-refractivity contribution < 1.29 is 19.1 Å². The number of carbonyl (C=O) groups excluding carboxylic acids is 1. The third-order valence-electron chi connectivity index (χ3n) is 2.53. The maximum atomic E-state index is 13.4. The van der Waals surface area contributed by atoms with Gasteiger partial charge in [0.15, 0.2) is 0 Å². The van der Waals surface area contributed by atoms with Crippen LogP contribution in [0.2, 0.25) is 0 Å². The maximum Gasteiger partial charge on any atom is 0.323 e. The molecule has 1 N–H and O–H groups in total. The zero-order valence-corrected chi connectivity index (χ0v) is 10.4. The van der Waals surface area contributed by atoms with Gasteiger partial charge in [-0.25, -0.2) is 4.39 Å². The fraction of sp³-hybridized carbons (Fsp3) is 0.385. The van der Waals surface area contributed by atoms with E-state index in [0.29, 0.717) is 18.5 Å². The molecular weight excluding hydrogens is 237 g/mol. The fourth-order valence-electron chi connectivity index (χ4n) is 1.59. The summed E-state index contributed by atoms with van der Waals surface area (Å²) in [6.45, 7) is 3.41. The first-order valence-corrected chi connectivity index (χ1v) is 5.73. The van der Waals surface area contributed by atoms with Crippen molar-refractivity contribution in [3.63, 3.8) is 0 Å². The summed E-state index contributed by atoms with van der Waals surface area (Å²) in [4.78, 5) is 23.9. The van der Waals surface area contributed by atoms with Crippen molar-refractivity contribution in [2.75, 3.05) is 13.1 Å². The van der Waals surface area contributed by atoms with Crippen molar-refractivity contribution in [2.24, 2.45) is 0 Å². The molecule has 98 valence electrons. The molecule has 0 aliphatic rings. The van der Waals surface area contributed by atoms with Crippen LogP contribution in [-0.2, 0) is 4.79 Å². The van der Waals surface area contributed by atoms with Crippen LogP contribution in [0.3, 0.4) is 0 Å². The fourth-order valence-corrected chi connectivity index (χ4v) is 1.59. The molecule has 0 saturated heterocycles. The summed E-state index contributed by atoms with van der Waals surface area (Å²) < 4.78 is 13.4. The highest BCUT2D eigenvalue weighted by molar-refractivity contribution is 5.95. The molecule has 0 aliphatic heterocycles. The molecule has 0 heterocycles. The molecule has 0 atom stereocenters. The number of halogens is 1. The van der Waals surface area contributed by atoms with Gasteiger partial charge in [-0.15, -0.1) is 0 Å². The number of rotatable bonds is 5. The van der Waals surface area contributed by atoms with E-state index in [1.807, 2.05) is 6.92 Å². The van der Waals surface area contributed by atoms with Gasteiger partial charge < -0.3 is 10.0 Å². The van der Waals surface area contributed by atoms with Crippen molar-refractivity contribution in [3.8, 4) is 0 Å². The van der Waals surface area contributed by atoms with Gasteiger partial charge in [-0.1, -0.05) is 13.0 Å². The first-order chi connectivity index (χ1) is 8.45. The number of amides is 1. The molecule has 0 bridgehead atoms. The summed E-state index contributed by atoms with van der Waals surface area (Å²) >= 11 is 0. The van der Waals surface area contributed by atoms with E-state index in [9.17, 15) is 14.0 Å². The number of hydrogen-bond donors (Lipinski definition) is 1. The summed E-state index contributed by atoms with van der Waals surface area (Å²) in [6, 6.07) is 4.15. The number of benzene rings is 1. The van der Waals surface area contributed by atoms with Gasteiger partial charge in [0.05, 0.1) is 0 Å². The lowest BCUT2D eigenvalue weighted by molar-refractivity contribution is -0.137. The number of aliphatic carboxylic acids is 1. The first kappa shape index (κ1) is 14.2. The largest absolute Gasteiger partial charge is 0.480 e. The molecular formula is C13H16FNO3. The second-order valence-corrected chi connectivity index (χ2v) is 4.08. The Hall–Kier alpha value is -1.91. The molecule has 0 saturated carbocycles. The molecule has 0 spiro atoms. The highest BCUT2D eigenvalue weighted by atomic mass is 19.1. The van der Waals surface area contributed by atoms with Crippen molar-refractivity contribution in [1.82, 2.24) is 4.90 Å². The van der Waals surface area contributed by atoms with Crippen LogP contribution in [0.15, 0.2) is 18.2 Å². The highest BCUT2D eigenvalue weighted by Crippen LogP contribution is 2.11. The van der Waals surface area contributed by atoms with E-state index in [0.717, 1.165) is 6.07 Å². The van der Waals surface area contributed by atoms with E-state index < -0.39 is 17.7 Å². The van der Waals surface area contributed by atoms with Crippen molar-refractivity contribution in [2.45, 2.75) is 20.3 Å². The molecule has 4 nitrogen and oxygen atoms in total. The van der Waals surface area contributed by atoms with Crippen LogP contribution >= 0.6 is 0 Å². The van der Waals surface area contributed by atoms with E-state index in [-0.39, 0.29) is 12.1 Å². The van der Waals surface area contributed by atoms with Gasteiger partial charge >= 0.3 is 5.97 Å². The van der Waals surface area contributed by atoms with Gasteiger partial charge in [-0.3, -0.25) is 9.59 Å². The van der Waals surface area contributed by atoms with Crippen molar-refractivity contribution in [1.29, 1.82) is 0 Å². The third-order valence-corrected chi connectivity index (χ3v) is 2.53. The lowest BCUT2D eigenvalue weighted by Gasteiger charge is -2.20. The standard InChI is InChI=1S/C13H16FNO3/c1-3-6-15(8-12(16)17)13(18)10-5-4-9(2)11(14)7-10/h4-5,7H,3,6,8H2,1-2H3,(H,16,17). The Morgan fingerprint density at radius 1 is 1.39 bits per heavy atom. The van der Waals surface area contributed by atoms with E-state index >= 15 is 0 Å². The molecule has 0 unspecified atom stereocenters.